The zero-order valence-electron chi connectivity index (χ0n) is 17.9. The standard InChI is InChI=1S/C23H34O5/c1-16(8-12-28-21(26)15-20(25)27-5)7-11-22(3)9-6-10-23(4)17(2)13-18(24)14-19(22)23/h8,13,19H,6-7,9-12,14-15H2,1-5H3/b16-8+/t19-,22-,23+/m1/s1. The van der Waals surface area contributed by atoms with Crippen LogP contribution in [-0.4, -0.2) is 31.4 Å². The fourth-order valence-corrected chi connectivity index (χ4v) is 4.99. The summed E-state index contributed by atoms with van der Waals surface area (Å²) >= 11 is 0. The van der Waals surface area contributed by atoms with Crippen molar-refractivity contribution >= 4 is 17.7 Å². The summed E-state index contributed by atoms with van der Waals surface area (Å²) in [5.41, 5.74) is 2.66. The molecule has 2 aliphatic carbocycles. The molecule has 0 aliphatic heterocycles. The number of allylic oxidation sites excluding steroid dienone is 3. The van der Waals surface area contributed by atoms with Gasteiger partial charge in [0.1, 0.15) is 13.0 Å². The third-order valence-corrected chi connectivity index (χ3v) is 7.02. The molecule has 28 heavy (non-hydrogen) atoms. The first-order valence-electron chi connectivity index (χ1n) is 10.2. The molecule has 0 aromatic carbocycles. The number of hydrogen-bond acceptors (Lipinski definition) is 5. The van der Waals surface area contributed by atoms with E-state index in [9.17, 15) is 14.4 Å². The summed E-state index contributed by atoms with van der Waals surface area (Å²) in [5, 5.41) is 0. The van der Waals surface area contributed by atoms with Crippen molar-refractivity contribution in [3.63, 3.8) is 0 Å². The lowest BCUT2D eigenvalue weighted by atomic mass is 9.49. The number of carbonyl (C=O) groups is 3. The minimum atomic E-state index is -0.592. The van der Waals surface area contributed by atoms with Crippen LogP contribution in [-0.2, 0) is 23.9 Å². The van der Waals surface area contributed by atoms with E-state index < -0.39 is 11.9 Å². The first kappa shape index (κ1) is 22.4. The molecule has 5 heteroatoms. The number of esters is 2. The summed E-state index contributed by atoms with van der Waals surface area (Å²) in [7, 11) is 1.24. The molecule has 0 bridgehead atoms. The lowest BCUT2D eigenvalue weighted by molar-refractivity contribution is -0.152. The van der Waals surface area contributed by atoms with Gasteiger partial charge in [-0.15, -0.1) is 0 Å². The van der Waals surface area contributed by atoms with Gasteiger partial charge in [0, 0.05) is 6.42 Å². The van der Waals surface area contributed by atoms with Crippen molar-refractivity contribution < 1.29 is 23.9 Å². The maximum Gasteiger partial charge on any atom is 0.317 e. The van der Waals surface area contributed by atoms with Gasteiger partial charge in [-0.3, -0.25) is 14.4 Å². The van der Waals surface area contributed by atoms with E-state index in [1.54, 1.807) is 0 Å². The molecule has 3 atom stereocenters. The molecule has 2 rings (SSSR count). The Morgan fingerprint density at radius 3 is 2.64 bits per heavy atom. The number of hydrogen-bond donors (Lipinski definition) is 0. The maximum absolute atomic E-state index is 12.2. The fourth-order valence-electron chi connectivity index (χ4n) is 4.99. The van der Waals surface area contributed by atoms with Crippen molar-refractivity contribution in [2.75, 3.05) is 13.7 Å². The highest BCUT2D eigenvalue weighted by Gasteiger charge is 2.51. The highest BCUT2D eigenvalue weighted by atomic mass is 16.5. The van der Waals surface area contributed by atoms with Crippen LogP contribution in [0.15, 0.2) is 23.3 Å². The zero-order valence-corrected chi connectivity index (χ0v) is 17.9. The SMILES string of the molecule is COC(=O)CC(=O)OC/C=C(\C)CC[C@@]1(C)CCC[C@@]2(C)C(C)=CC(=O)C[C@H]12. The lowest BCUT2D eigenvalue weighted by Gasteiger charge is -2.54. The number of carbonyl (C=O) groups excluding carboxylic acids is 3. The van der Waals surface area contributed by atoms with Gasteiger partial charge in [-0.2, -0.15) is 0 Å². The Morgan fingerprint density at radius 2 is 1.96 bits per heavy atom. The second kappa shape index (κ2) is 9.06. The highest BCUT2D eigenvalue weighted by Crippen LogP contribution is 2.59. The van der Waals surface area contributed by atoms with Crippen molar-refractivity contribution in [3.05, 3.63) is 23.3 Å². The summed E-state index contributed by atoms with van der Waals surface area (Å²) < 4.78 is 9.51. The molecule has 0 radical (unpaired) electrons. The number of ether oxygens (including phenoxy) is 2. The Balaban J connectivity index is 1.93. The van der Waals surface area contributed by atoms with Gasteiger partial charge in [-0.1, -0.05) is 31.4 Å². The maximum atomic E-state index is 12.2. The normalized spacial score (nSPS) is 30.3. The van der Waals surface area contributed by atoms with Gasteiger partial charge >= 0.3 is 11.9 Å². The molecule has 0 unspecified atom stereocenters. The lowest BCUT2D eigenvalue weighted by Crippen LogP contribution is -2.47. The summed E-state index contributed by atoms with van der Waals surface area (Å²) in [4.78, 5) is 34.8. The molecule has 156 valence electrons. The molecule has 0 saturated heterocycles. The van der Waals surface area contributed by atoms with Crippen molar-refractivity contribution in [2.24, 2.45) is 16.7 Å². The van der Waals surface area contributed by atoms with E-state index in [2.05, 4.69) is 25.5 Å². The molecule has 0 amide bonds. The van der Waals surface area contributed by atoms with Crippen molar-refractivity contribution in [2.45, 2.75) is 72.6 Å². The van der Waals surface area contributed by atoms with Crippen LogP contribution in [0.5, 0.6) is 0 Å². The predicted molar refractivity (Wildman–Crippen MR) is 108 cm³/mol. The topological polar surface area (TPSA) is 69.7 Å². The van der Waals surface area contributed by atoms with Crippen molar-refractivity contribution in [1.82, 2.24) is 0 Å². The molecular formula is C23H34O5. The van der Waals surface area contributed by atoms with Gasteiger partial charge in [-0.05, 0) is 68.4 Å². The largest absolute Gasteiger partial charge is 0.469 e. The van der Waals surface area contributed by atoms with E-state index in [0.29, 0.717) is 12.3 Å². The van der Waals surface area contributed by atoms with Crippen LogP contribution in [0.4, 0.5) is 0 Å². The van der Waals surface area contributed by atoms with Gasteiger partial charge in [0.15, 0.2) is 5.78 Å². The molecule has 0 aromatic heterocycles. The molecule has 1 saturated carbocycles. The first-order chi connectivity index (χ1) is 13.1. The van der Waals surface area contributed by atoms with Gasteiger partial charge in [0.05, 0.1) is 7.11 Å². The minimum absolute atomic E-state index is 0.127. The average molecular weight is 391 g/mol. The monoisotopic (exact) mass is 390 g/mol. The van der Waals surface area contributed by atoms with Gasteiger partial charge in [0.2, 0.25) is 0 Å². The highest BCUT2D eigenvalue weighted by molar-refractivity contribution is 5.92. The van der Waals surface area contributed by atoms with Crippen molar-refractivity contribution in [3.8, 4) is 0 Å². The number of ketones is 1. The second-order valence-electron chi connectivity index (χ2n) is 8.96. The minimum Gasteiger partial charge on any atom is -0.469 e. The molecule has 5 nitrogen and oxygen atoms in total. The third-order valence-electron chi connectivity index (χ3n) is 7.02. The number of rotatable bonds is 7. The summed E-state index contributed by atoms with van der Waals surface area (Å²) in [5.74, 6) is -0.519. The van der Waals surface area contributed by atoms with Crippen LogP contribution in [0.1, 0.15) is 72.6 Å². The number of methoxy groups -OCH3 is 1. The summed E-state index contributed by atoms with van der Waals surface area (Å²) in [6.07, 6.45) is 9.48. The quantitative estimate of drug-likeness (QED) is 0.362. The van der Waals surface area contributed by atoms with Gasteiger partial charge in [-0.25, -0.2) is 0 Å². The van der Waals surface area contributed by atoms with Crippen LogP contribution in [0.2, 0.25) is 0 Å². The van der Waals surface area contributed by atoms with E-state index in [1.807, 2.05) is 19.1 Å². The molecule has 1 fully saturated rings. The Kier molecular flexibility index (Phi) is 7.24. The molecule has 0 N–H and O–H groups in total. The molecule has 0 heterocycles. The molecule has 0 aromatic rings. The zero-order chi connectivity index (χ0) is 20.9. The van der Waals surface area contributed by atoms with Crippen LogP contribution < -0.4 is 0 Å². The second-order valence-corrected chi connectivity index (χ2v) is 8.96. The Hall–Kier alpha value is -1.91. The predicted octanol–water partition coefficient (Wildman–Crippen LogP) is 4.55. The Morgan fingerprint density at radius 1 is 1.25 bits per heavy atom. The summed E-state index contributed by atoms with van der Waals surface area (Å²) in [6, 6.07) is 0. The van der Waals surface area contributed by atoms with E-state index in [0.717, 1.165) is 31.3 Å². The fraction of sp³-hybridized carbons (Fsp3) is 0.696. The third kappa shape index (κ3) is 5.12. The van der Waals surface area contributed by atoms with Crippen LogP contribution in [0, 0.1) is 16.7 Å². The molecule has 0 spiro atoms. The Labute approximate surface area is 168 Å². The van der Waals surface area contributed by atoms with Gasteiger partial charge < -0.3 is 9.47 Å². The first-order valence-corrected chi connectivity index (χ1v) is 10.2. The summed E-state index contributed by atoms with van der Waals surface area (Å²) in [6.45, 7) is 8.99. The van der Waals surface area contributed by atoms with Gasteiger partial charge in [0.25, 0.3) is 0 Å². The van der Waals surface area contributed by atoms with E-state index >= 15 is 0 Å². The van der Waals surface area contributed by atoms with Crippen LogP contribution in [0.3, 0.4) is 0 Å². The smallest absolute Gasteiger partial charge is 0.317 e. The Bertz CT molecular complexity index is 689. The van der Waals surface area contributed by atoms with Crippen LogP contribution in [0.25, 0.3) is 0 Å². The van der Waals surface area contributed by atoms with E-state index in [-0.39, 0.29) is 29.6 Å². The van der Waals surface area contributed by atoms with E-state index in [1.165, 1.54) is 19.1 Å². The van der Waals surface area contributed by atoms with Crippen molar-refractivity contribution in [1.29, 1.82) is 0 Å². The average Bonchev–Trinajstić information content (AvgIpc) is 2.62. The molecule has 2 aliphatic rings. The number of fused-ring (bicyclic) bond motifs is 1. The van der Waals surface area contributed by atoms with E-state index in [4.69, 9.17) is 4.74 Å². The molecular weight excluding hydrogens is 356 g/mol. The van der Waals surface area contributed by atoms with Crippen LogP contribution >= 0.6 is 0 Å².